The number of nitrogens with zero attached hydrogens (tertiary/aromatic N) is 4. The fourth-order valence-electron chi connectivity index (χ4n) is 2.81. The third-order valence-corrected chi connectivity index (χ3v) is 3.90. The van der Waals surface area contributed by atoms with Crippen LogP contribution in [0.25, 0.3) is 0 Å². The number of hydrogen-bond acceptors (Lipinski definition) is 5. The highest BCUT2D eigenvalue weighted by Crippen LogP contribution is 2.23. The van der Waals surface area contributed by atoms with Crippen molar-refractivity contribution < 1.29 is 0 Å². The molecule has 1 aliphatic rings. The second kappa shape index (κ2) is 7.74. The molecule has 3 rings (SSSR count). The fourth-order valence-corrected chi connectivity index (χ4v) is 2.81. The number of rotatable bonds is 4. The molecule has 0 spiro atoms. The van der Waals surface area contributed by atoms with Crippen LogP contribution in [-0.4, -0.2) is 40.5 Å². The van der Waals surface area contributed by atoms with E-state index < -0.39 is 0 Å². The maximum atomic E-state index is 6.17. The summed E-state index contributed by atoms with van der Waals surface area (Å²) < 4.78 is 0. The molecule has 5 nitrogen and oxygen atoms in total. The molecule has 23 heavy (non-hydrogen) atoms. The van der Waals surface area contributed by atoms with Crippen LogP contribution in [0.4, 0.5) is 0 Å². The van der Waals surface area contributed by atoms with Crippen LogP contribution in [0, 0.1) is 0 Å². The van der Waals surface area contributed by atoms with Crippen LogP contribution in [-0.2, 0) is 0 Å². The van der Waals surface area contributed by atoms with Gasteiger partial charge in [0, 0.05) is 30.9 Å². The van der Waals surface area contributed by atoms with Crippen molar-refractivity contribution >= 4 is 12.4 Å². The van der Waals surface area contributed by atoms with Gasteiger partial charge in [-0.15, -0.1) is 0 Å². The lowest BCUT2D eigenvalue weighted by Gasteiger charge is -2.28. The smallest absolute Gasteiger partial charge is 0.0807 e. The predicted octanol–water partition coefficient (Wildman–Crippen LogP) is 2.26. The van der Waals surface area contributed by atoms with E-state index in [0.29, 0.717) is 0 Å². The first-order valence-corrected chi connectivity index (χ1v) is 7.93. The highest BCUT2D eigenvalue weighted by molar-refractivity contribution is 5.77. The third kappa shape index (κ3) is 4.79. The Bertz CT molecular complexity index is 596. The quantitative estimate of drug-likeness (QED) is 0.880. The molecular weight excluding hydrogens is 286 g/mol. The van der Waals surface area contributed by atoms with Crippen molar-refractivity contribution in [1.82, 2.24) is 9.97 Å². The van der Waals surface area contributed by atoms with Crippen molar-refractivity contribution in [3.63, 3.8) is 0 Å². The molecule has 2 heterocycles. The molecule has 1 aliphatic carbocycles. The summed E-state index contributed by atoms with van der Waals surface area (Å²) in [5, 5.41) is 0. The molecule has 0 bridgehead atoms. The van der Waals surface area contributed by atoms with Gasteiger partial charge in [0.2, 0.25) is 0 Å². The van der Waals surface area contributed by atoms with Crippen LogP contribution in [0.3, 0.4) is 0 Å². The highest BCUT2D eigenvalue weighted by atomic mass is 14.9. The zero-order chi connectivity index (χ0) is 15.9. The van der Waals surface area contributed by atoms with Crippen LogP contribution in [0.15, 0.2) is 58.8 Å². The van der Waals surface area contributed by atoms with E-state index in [2.05, 4.69) is 20.0 Å². The molecular formula is C18H21N5. The van der Waals surface area contributed by atoms with Crippen LogP contribution in [0.2, 0.25) is 0 Å². The average molecular weight is 307 g/mol. The van der Waals surface area contributed by atoms with Gasteiger partial charge in [0.15, 0.2) is 0 Å². The van der Waals surface area contributed by atoms with E-state index in [-0.39, 0.29) is 18.1 Å². The summed E-state index contributed by atoms with van der Waals surface area (Å²) in [5.41, 5.74) is 7.92. The minimum absolute atomic E-state index is 0.139. The lowest BCUT2D eigenvalue weighted by molar-refractivity contribution is 0.356. The second-order valence-corrected chi connectivity index (χ2v) is 5.84. The van der Waals surface area contributed by atoms with Crippen molar-refractivity contribution in [2.75, 3.05) is 0 Å². The molecule has 2 atom stereocenters. The van der Waals surface area contributed by atoms with Crippen molar-refractivity contribution in [3.8, 4) is 0 Å². The lowest BCUT2D eigenvalue weighted by Crippen LogP contribution is -2.36. The summed E-state index contributed by atoms with van der Waals surface area (Å²) in [6.07, 6.45) is 9.94. The van der Waals surface area contributed by atoms with Gasteiger partial charge >= 0.3 is 0 Å². The fraction of sp³-hybridized carbons (Fsp3) is 0.333. The van der Waals surface area contributed by atoms with Crippen molar-refractivity contribution in [3.05, 3.63) is 60.2 Å². The number of aliphatic imine (C=N–C) groups is 2. The Morgan fingerprint density at radius 1 is 0.826 bits per heavy atom. The molecule has 118 valence electrons. The van der Waals surface area contributed by atoms with Gasteiger partial charge in [-0.3, -0.25) is 20.0 Å². The van der Waals surface area contributed by atoms with Crippen LogP contribution >= 0.6 is 0 Å². The summed E-state index contributed by atoms with van der Waals surface area (Å²) in [6.45, 7) is 0. The number of pyridine rings is 2. The van der Waals surface area contributed by atoms with E-state index in [0.717, 1.165) is 30.7 Å². The highest BCUT2D eigenvalue weighted by Gasteiger charge is 2.25. The Labute approximate surface area is 136 Å². The van der Waals surface area contributed by atoms with E-state index in [1.54, 1.807) is 12.4 Å². The van der Waals surface area contributed by atoms with Crippen LogP contribution < -0.4 is 5.73 Å². The SMILES string of the molecule is NC1C[C@@H](N=Cc2ccccn2)C[C@H](N=Cc2ccccn2)C1. The van der Waals surface area contributed by atoms with E-state index in [1.165, 1.54) is 0 Å². The van der Waals surface area contributed by atoms with Gasteiger partial charge in [-0.1, -0.05) is 12.1 Å². The Balaban J connectivity index is 1.62. The van der Waals surface area contributed by atoms with Crippen molar-refractivity contribution in [1.29, 1.82) is 0 Å². The van der Waals surface area contributed by atoms with Gasteiger partial charge in [-0.25, -0.2) is 0 Å². The molecule has 1 fully saturated rings. The van der Waals surface area contributed by atoms with Gasteiger partial charge in [-0.2, -0.15) is 0 Å². The first-order valence-electron chi connectivity index (χ1n) is 7.93. The molecule has 2 aromatic rings. The Hall–Kier alpha value is -2.40. The summed E-state index contributed by atoms with van der Waals surface area (Å²) in [5.74, 6) is 0. The topological polar surface area (TPSA) is 76.5 Å². The molecule has 0 saturated heterocycles. The minimum Gasteiger partial charge on any atom is -0.328 e. The standard InChI is InChI=1S/C18H21N5/c19-14-9-17(22-12-15-5-1-3-7-20-15)11-18(10-14)23-13-16-6-2-4-8-21-16/h1-8,12-14,17-18H,9-11,19H2/t14?,17-,18-/m1/s1. The minimum atomic E-state index is 0.139. The Kier molecular flexibility index (Phi) is 5.21. The molecule has 0 aliphatic heterocycles. The maximum absolute atomic E-state index is 6.17. The predicted molar refractivity (Wildman–Crippen MR) is 93.1 cm³/mol. The average Bonchev–Trinajstić information content (AvgIpc) is 2.60. The molecule has 0 unspecified atom stereocenters. The molecule has 2 N–H and O–H groups in total. The lowest BCUT2D eigenvalue weighted by atomic mass is 9.88. The Morgan fingerprint density at radius 3 is 1.78 bits per heavy atom. The molecule has 0 amide bonds. The van der Waals surface area contributed by atoms with E-state index in [4.69, 9.17) is 5.73 Å². The zero-order valence-electron chi connectivity index (χ0n) is 13.0. The monoisotopic (exact) mass is 307 g/mol. The van der Waals surface area contributed by atoms with Gasteiger partial charge in [0.05, 0.1) is 23.5 Å². The number of nitrogens with two attached hydrogens (primary N) is 1. The summed E-state index contributed by atoms with van der Waals surface area (Å²) >= 11 is 0. The molecule has 0 radical (unpaired) electrons. The normalized spacial score (nSPS) is 25.2. The summed E-state index contributed by atoms with van der Waals surface area (Å²) in [7, 11) is 0. The maximum Gasteiger partial charge on any atom is 0.0807 e. The van der Waals surface area contributed by atoms with E-state index in [1.807, 2.05) is 48.8 Å². The molecule has 0 aromatic carbocycles. The number of hydrogen-bond donors (Lipinski definition) is 1. The van der Waals surface area contributed by atoms with Crippen LogP contribution in [0.1, 0.15) is 30.7 Å². The molecule has 2 aromatic heterocycles. The molecule has 5 heteroatoms. The largest absolute Gasteiger partial charge is 0.328 e. The van der Waals surface area contributed by atoms with Gasteiger partial charge in [-0.05, 0) is 43.5 Å². The number of aromatic nitrogens is 2. The first-order chi connectivity index (χ1) is 11.3. The zero-order valence-corrected chi connectivity index (χ0v) is 13.0. The summed E-state index contributed by atoms with van der Waals surface area (Å²) in [6, 6.07) is 12.2. The molecule has 1 saturated carbocycles. The van der Waals surface area contributed by atoms with Gasteiger partial charge in [0.25, 0.3) is 0 Å². The van der Waals surface area contributed by atoms with Gasteiger partial charge in [0.1, 0.15) is 0 Å². The summed E-state index contributed by atoms with van der Waals surface area (Å²) in [4.78, 5) is 17.8. The Morgan fingerprint density at radius 2 is 1.35 bits per heavy atom. The van der Waals surface area contributed by atoms with Gasteiger partial charge < -0.3 is 5.73 Å². The van der Waals surface area contributed by atoms with Crippen LogP contribution in [0.5, 0.6) is 0 Å². The first kappa shape index (κ1) is 15.5. The van der Waals surface area contributed by atoms with E-state index in [9.17, 15) is 0 Å². The second-order valence-electron chi connectivity index (χ2n) is 5.84. The van der Waals surface area contributed by atoms with Crippen molar-refractivity contribution in [2.45, 2.75) is 37.4 Å². The third-order valence-electron chi connectivity index (χ3n) is 3.90. The van der Waals surface area contributed by atoms with Crippen molar-refractivity contribution in [2.24, 2.45) is 15.7 Å². The van der Waals surface area contributed by atoms with E-state index >= 15 is 0 Å².